The van der Waals surface area contributed by atoms with Crippen LogP contribution < -0.4 is 67.7 Å². The Morgan fingerprint density at radius 1 is 0.486 bits per heavy atom. The third-order valence-electron chi connectivity index (χ3n) is 24.0. The van der Waals surface area contributed by atoms with Gasteiger partial charge in [0.15, 0.2) is 66.2 Å². The number of aromatic nitrogens is 6. The van der Waals surface area contributed by atoms with E-state index in [1.807, 2.05) is 83.6 Å². The van der Waals surface area contributed by atoms with Gasteiger partial charge in [-0.2, -0.15) is 38.2 Å². The molecule has 0 bridgehead atoms. The standard InChI is InChI=1S/2C46H41ClN8O12S2.2CH4/c1-24-53-54(38-22-52-39(25-6-9-27(47)10-7-25)30-21-28(65-2)11-17-36(30)55(24)38)23-37(56)50-18-4-3-5-19-51-44(57)26-8-12-29-33(20-26)46(67-45(29)58)31-13-15-34(48)42(68(59,60)61)40(31)66-41-32(46)14-16-35(49)43(41)69(62,63)64;1-23-53-54-43-35(52-38(24-6-9-26(47)10-7-24)29-21-27(65-2)11-17-36(29)55(23)43)22-37(56)50-18-4-3-5-19-51-44(57)25-8-12-30-28(20-25)45(58)67-46(30)31-13-15-33(48)41(68(59,60)61)39(31)66-40-32(46)14-16-34(49)42(40)69(62,63)64;;/h6-17,20-21H,3-5,18-19,22-23,48-49H2,1-2H3,(H3-,50,51,56,57,59,60,61,62,63,64);6-17,20-21,35H,3-5,18-19,22,48-49H2,1-2H3,(H,50,56)(H,51,57)(H,59,60,61)(H,62,63,64);2*1H4/p+1/t;35-;;/m.0../s1. The van der Waals surface area contributed by atoms with Gasteiger partial charge >= 0.3 is 11.9 Å². The van der Waals surface area contributed by atoms with Crippen molar-refractivity contribution in [3.05, 3.63) is 281 Å². The Kier molecular flexibility index (Phi) is 27.5. The van der Waals surface area contributed by atoms with Crippen molar-refractivity contribution in [3.8, 4) is 45.9 Å². The highest BCUT2D eigenvalue weighted by Gasteiger charge is 2.59. The summed E-state index contributed by atoms with van der Waals surface area (Å²) in [6.07, 6.45) is 3.46. The Balaban J connectivity index is 0.000000209. The van der Waals surface area contributed by atoms with Gasteiger partial charge in [-0.05, 0) is 185 Å². The Morgan fingerprint density at radius 2 is 0.914 bits per heavy atom. The molecule has 140 heavy (non-hydrogen) atoms. The number of nitrogens with two attached hydrogens (primary N) is 4. The molecule has 8 heterocycles. The largest absolute Gasteiger partial charge is 0.497 e. The van der Waals surface area contributed by atoms with Crippen molar-refractivity contribution in [1.82, 2.24) is 45.8 Å². The van der Waals surface area contributed by atoms with E-state index >= 15 is 0 Å². The van der Waals surface area contributed by atoms with E-state index in [4.69, 9.17) is 89.6 Å². The number of aryl methyl sites for hydroxylation is 2. The van der Waals surface area contributed by atoms with Crippen molar-refractivity contribution in [3.63, 3.8) is 0 Å². The van der Waals surface area contributed by atoms with Crippen molar-refractivity contribution in [1.29, 1.82) is 0 Å². The summed E-state index contributed by atoms with van der Waals surface area (Å²) in [5.41, 5.74) is 23.0. The van der Waals surface area contributed by atoms with Crippen molar-refractivity contribution < 1.29 is 114 Å². The van der Waals surface area contributed by atoms with Gasteiger partial charge in [0.05, 0.1) is 71.6 Å². The van der Waals surface area contributed by atoms with Crippen LogP contribution in [0.2, 0.25) is 10.0 Å². The molecule has 2 aromatic heterocycles. The molecular formula is C94H91Cl2N16O24S4+. The highest BCUT2D eigenvalue weighted by atomic mass is 35.5. The first-order valence-corrected chi connectivity index (χ1v) is 48.9. The summed E-state index contributed by atoms with van der Waals surface area (Å²) in [6, 6.07) is 43.0. The van der Waals surface area contributed by atoms with Gasteiger partial charge in [0.25, 0.3) is 69.8 Å². The van der Waals surface area contributed by atoms with Gasteiger partial charge in [-0.3, -0.25) is 51.9 Å². The molecule has 12 aromatic rings. The van der Waals surface area contributed by atoms with Crippen LogP contribution in [-0.2, 0) is 83.8 Å². The summed E-state index contributed by atoms with van der Waals surface area (Å²) in [5.74, 6) is -2.51. The summed E-state index contributed by atoms with van der Waals surface area (Å²) in [7, 11) is -17.5. The molecule has 0 saturated carbocycles. The number of carbonyl (C=O) groups is 6. The number of esters is 2. The molecule has 0 saturated heterocycles. The van der Waals surface area contributed by atoms with E-state index in [0.29, 0.717) is 102 Å². The molecule has 0 aliphatic carbocycles. The van der Waals surface area contributed by atoms with Gasteiger partial charge in [0.2, 0.25) is 5.91 Å². The lowest BCUT2D eigenvalue weighted by atomic mass is 9.77. The van der Waals surface area contributed by atoms with Crippen molar-refractivity contribution in [2.75, 3.05) is 63.3 Å². The molecule has 2 spiro atoms. The number of carbonyl (C=O) groups excluding carboxylic acids is 6. The number of unbranched alkanes of at least 4 members (excludes halogenated alkanes) is 4. The molecule has 16 N–H and O–H groups in total. The summed E-state index contributed by atoms with van der Waals surface area (Å²) in [6.45, 7) is 5.04. The third-order valence-corrected chi connectivity index (χ3v) is 28.2. The maximum Gasteiger partial charge on any atom is 0.340 e. The maximum absolute atomic E-state index is 13.7. The van der Waals surface area contributed by atoms with Gasteiger partial charge < -0.3 is 72.6 Å². The van der Waals surface area contributed by atoms with Crippen LogP contribution in [0.1, 0.15) is 186 Å². The first-order chi connectivity index (χ1) is 65.6. The minimum absolute atomic E-state index is 0. The van der Waals surface area contributed by atoms with E-state index in [1.54, 1.807) is 43.2 Å². The van der Waals surface area contributed by atoms with E-state index in [1.165, 1.54) is 60.7 Å². The number of ether oxygens (including phenoxy) is 6. The van der Waals surface area contributed by atoms with Crippen LogP contribution in [0.5, 0.6) is 34.5 Å². The van der Waals surface area contributed by atoms with Gasteiger partial charge in [-0.1, -0.05) is 68.4 Å². The number of anilines is 4. The molecular weight excluding hydrogens is 1940 g/mol. The topological polar surface area (TPSA) is 605 Å². The number of halogens is 2. The van der Waals surface area contributed by atoms with E-state index in [2.05, 4.69) is 31.5 Å². The number of fused-ring (bicyclic) bond motifs is 18. The Hall–Kier alpha value is -14.7. The smallest absolute Gasteiger partial charge is 0.340 e. The minimum Gasteiger partial charge on any atom is -0.497 e. The van der Waals surface area contributed by atoms with Gasteiger partial charge in [0, 0.05) is 115 Å². The molecule has 0 radical (unpaired) electrons. The summed E-state index contributed by atoms with van der Waals surface area (Å²) in [4.78, 5) is 87.3. The number of methoxy groups -OCH3 is 2. The molecule has 40 nitrogen and oxygen atoms in total. The lowest BCUT2D eigenvalue weighted by molar-refractivity contribution is -0.611. The fourth-order valence-electron chi connectivity index (χ4n) is 17.8. The normalized spacial score (nSPS) is 14.5. The number of nitrogens with one attached hydrogen (secondary N) is 4. The van der Waals surface area contributed by atoms with Crippen molar-refractivity contribution >= 4 is 133 Å². The molecule has 10 aromatic carbocycles. The number of rotatable bonds is 26. The summed E-state index contributed by atoms with van der Waals surface area (Å²) in [5, 5.41) is 26.2. The number of hydrogen-bond acceptors (Lipinski definition) is 29. The van der Waals surface area contributed by atoms with Crippen molar-refractivity contribution in [2.24, 2.45) is 9.98 Å². The predicted octanol–water partition coefficient (Wildman–Crippen LogP) is 11.2. The number of nitrogen functional groups attached to an aromatic ring is 4. The second-order valence-electron chi connectivity index (χ2n) is 32.6. The second-order valence-corrected chi connectivity index (χ2v) is 38.9. The minimum atomic E-state index is -5.19. The summed E-state index contributed by atoms with van der Waals surface area (Å²) < 4.78 is 182. The van der Waals surface area contributed by atoms with Crippen LogP contribution in [0.15, 0.2) is 199 Å². The highest BCUT2D eigenvalue weighted by Crippen LogP contribution is 2.62. The SMILES string of the molecule is C.C.COc1ccc2c(c1)C(c1ccc(Cl)cc1)=NCc1n(CC(=O)NCCCCCNC(=O)c3ccc4c(c3)C3(OC4=O)c4ccc(N)c(S(=O)(=O)O)c4Oc4c3ccc(N)c4S(=O)(=O)O)nc(C)[n+]1-2.COc1ccc2c(c1)C(c1ccc(Cl)cc1)=N[C@@H](CC(=O)NCCCCCNC(=O)c1ccc3c(c1)C(=O)OC31c3ccc(N)c(S(=O)(=O)O)c3Oc3c1ccc(N)c3S(=O)(=O)O)c1nnc(C)n1-2. The molecule has 4 amide bonds. The van der Waals surface area contributed by atoms with Crippen LogP contribution in [0, 0.1) is 13.8 Å². The zero-order chi connectivity index (χ0) is 98.3. The Bertz CT molecular complexity index is 7580. The molecule has 0 fully saturated rings. The number of benzene rings is 10. The van der Waals surface area contributed by atoms with Gasteiger partial charge in [0.1, 0.15) is 35.6 Å². The van der Waals surface area contributed by atoms with Gasteiger partial charge in [-0.15, -0.1) is 14.9 Å². The van der Waals surface area contributed by atoms with Crippen LogP contribution in [0.25, 0.3) is 11.4 Å². The molecule has 1 atom stereocenters. The number of hydrogen-bond donors (Lipinski definition) is 12. The predicted molar refractivity (Wildman–Crippen MR) is 511 cm³/mol. The fourth-order valence-corrected chi connectivity index (χ4v) is 21.1. The third kappa shape index (κ3) is 18.3. The summed E-state index contributed by atoms with van der Waals surface area (Å²) >= 11 is 12.4. The number of amides is 4. The van der Waals surface area contributed by atoms with E-state index < -0.39 is 147 Å². The van der Waals surface area contributed by atoms with Crippen LogP contribution in [-0.4, -0.2) is 164 Å². The first kappa shape index (κ1) is 99.7. The van der Waals surface area contributed by atoms with Crippen LogP contribution in [0.4, 0.5) is 22.7 Å². The number of nitrogens with zero attached hydrogens (tertiary/aromatic N) is 8. The lowest BCUT2D eigenvalue weighted by Gasteiger charge is -2.38. The highest BCUT2D eigenvalue weighted by molar-refractivity contribution is 7.87. The lowest BCUT2D eigenvalue weighted by Crippen LogP contribution is -2.38. The zero-order valence-corrected chi connectivity index (χ0v) is 77.9. The molecule has 6 aliphatic heterocycles. The number of aliphatic imine (C=N–C) groups is 2. The average Bonchev–Trinajstić information content (AvgIpc) is 1.47. The molecule has 0 unspecified atom stereocenters. The first-order valence-electron chi connectivity index (χ1n) is 42.4. The second kappa shape index (κ2) is 38.6. The quantitative estimate of drug-likeness (QED) is 0.00787. The molecule has 728 valence electrons. The average molecular weight is 2030 g/mol. The Morgan fingerprint density at radius 3 is 1.40 bits per heavy atom. The van der Waals surface area contributed by atoms with Gasteiger partial charge in [-0.25, -0.2) is 9.59 Å². The maximum atomic E-state index is 13.7. The van der Waals surface area contributed by atoms with E-state index in [-0.39, 0.29) is 115 Å². The molecule has 46 heteroatoms. The Labute approximate surface area is 811 Å². The monoisotopic (exact) mass is 2030 g/mol. The molecule has 18 rings (SSSR count). The zero-order valence-electron chi connectivity index (χ0n) is 73.2. The van der Waals surface area contributed by atoms with Crippen LogP contribution >= 0.6 is 23.2 Å². The van der Waals surface area contributed by atoms with Crippen LogP contribution in [0.3, 0.4) is 0 Å². The van der Waals surface area contributed by atoms with E-state index in [0.717, 1.165) is 63.6 Å². The molecule has 6 aliphatic rings. The van der Waals surface area contributed by atoms with E-state index in [9.17, 15) is 80.6 Å². The van der Waals surface area contributed by atoms with Crippen molar-refractivity contribution in [2.45, 2.75) is 124 Å². The fraction of sp³-hybridized carbons (Fsp3) is 0.234.